The molecule has 0 aliphatic carbocycles. The minimum absolute atomic E-state index is 0.0666. The van der Waals surface area contributed by atoms with Gasteiger partial charge in [0.25, 0.3) is 5.91 Å². The van der Waals surface area contributed by atoms with Crippen LogP contribution in [-0.2, 0) is 9.53 Å². The number of piperidine rings is 1. The molecule has 156 valence electrons. The van der Waals surface area contributed by atoms with E-state index in [0.717, 1.165) is 12.8 Å². The summed E-state index contributed by atoms with van der Waals surface area (Å²) in [4.78, 5) is 29.1. The third-order valence-electron chi connectivity index (χ3n) is 5.12. The first kappa shape index (κ1) is 21.5. The number of nitrogens with one attached hydrogen (secondary N) is 1. The molecule has 2 aliphatic rings. The second-order valence-corrected chi connectivity index (χ2v) is 8.17. The number of amides is 2. The van der Waals surface area contributed by atoms with E-state index < -0.39 is 28.8 Å². The van der Waals surface area contributed by atoms with Gasteiger partial charge in [-0.1, -0.05) is 23.2 Å². The Hall–Kier alpha value is -2.24. The van der Waals surface area contributed by atoms with Gasteiger partial charge < -0.3 is 19.8 Å². The fraction of sp³-hybridized carbons (Fsp3) is 0.526. The monoisotopic (exact) mass is 442 g/mol. The average molecular weight is 443 g/mol. The van der Waals surface area contributed by atoms with Crippen LogP contribution in [0.5, 0.6) is 0 Å². The van der Waals surface area contributed by atoms with Crippen LogP contribution in [0, 0.1) is 18.3 Å². The Bertz CT molecular complexity index is 809. The fourth-order valence-electron chi connectivity index (χ4n) is 3.54. The smallest absolute Gasteiger partial charge is 0.414 e. The molecule has 2 fully saturated rings. The van der Waals surface area contributed by atoms with Crippen molar-refractivity contribution in [2.45, 2.75) is 23.8 Å². The van der Waals surface area contributed by atoms with Gasteiger partial charge >= 0.3 is 6.09 Å². The number of halogens is 3. The molecule has 0 radical (unpaired) electrons. The Morgan fingerprint density at radius 1 is 1.38 bits per heavy atom. The third-order valence-corrected chi connectivity index (χ3v) is 5.52. The molecule has 29 heavy (non-hydrogen) atoms. The SMILES string of the molecule is [C-]#[N+]CC1CCN(c2ccc(N3C[C@H](CNC(=O)C(Cl)Cl)OC3=O)cc2F)CC1. The van der Waals surface area contributed by atoms with Crippen molar-refractivity contribution in [2.24, 2.45) is 5.92 Å². The van der Waals surface area contributed by atoms with Gasteiger partial charge in [-0.15, -0.1) is 0 Å². The predicted molar refractivity (Wildman–Crippen MR) is 109 cm³/mol. The molecule has 10 heteroatoms. The Morgan fingerprint density at radius 2 is 2.10 bits per heavy atom. The molecule has 1 aromatic rings. The molecule has 2 aliphatic heterocycles. The van der Waals surface area contributed by atoms with Crippen molar-refractivity contribution in [3.8, 4) is 0 Å². The minimum Gasteiger partial charge on any atom is -0.442 e. The van der Waals surface area contributed by atoms with E-state index in [2.05, 4.69) is 10.2 Å². The second-order valence-electron chi connectivity index (χ2n) is 7.07. The van der Waals surface area contributed by atoms with Crippen molar-refractivity contribution < 1.29 is 18.7 Å². The zero-order valence-corrected chi connectivity index (χ0v) is 17.1. The van der Waals surface area contributed by atoms with Crippen molar-refractivity contribution in [3.05, 3.63) is 35.4 Å². The molecule has 0 saturated carbocycles. The van der Waals surface area contributed by atoms with Crippen LogP contribution in [-0.4, -0.2) is 55.7 Å². The summed E-state index contributed by atoms with van der Waals surface area (Å²) in [6, 6.07) is 4.66. The molecule has 0 spiro atoms. The molecule has 2 saturated heterocycles. The van der Waals surface area contributed by atoms with Crippen molar-refractivity contribution in [1.29, 1.82) is 0 Å². The van der Waals surface area contributed by atoms with Crippen molar-refractivity contribution in [2.75, 3.05) is 42.5 Å². The number of cyclic esters (lactones) is 1. The van der Waals surface area contributed by atoms with E-state index in [1.807, 2.05) is 4.90 Å². The Morgan fingerprint density at radius 3 is 2.72 bits per heavy atom. The molecule has 1 N–H and O–H groups in total. The van der Waals surface area contributed by atoms with E-state index in [1.165, 1.54) is 11.0 Å². The lowest BCUT2D eigenvalue weighted by molar-refractivity contribution is -0.119. The van der Waals surface area contributed by atoms with Crippen LogP contribution in [0.25, 0.3) is 4.85 Å². The first-order chi connectivity index (χ1) is 13.9. The number of benzene rings is 1. The van der Waals surface area contributed by atoms with Gasteiger partial charge in [0, 0.05) is 19.0 Å². The van der Waals surface area contributed by atoms with Gasteiger partial charge in [0.2, 0.25) is 6.54 Å². The van der Waals surface area contributed by atoms with E-state index >= 15 is 0 Å². The fourth-order valence-corrected chi connectivity index (χ4v) is 3.69. The Balaban J connectivity index is 1.61. The summed E-state index contributed by atoms with van der Waals surface area (Å²) in [5.41, 5.74) is 0.877. The number of carbonyl (C=O) groups excluding carboxylic acids is 2. The van der Waals surface area contributed by atoms with Crippen LogP contribution >= 0.6 is 23.2 Å². The number of alkyl halides is 2. The van der Waals surface area contributed by atoms with E-state index in [4.69, 9.17) is 34.5 Å². The number of ether oxygens (including phenoxy) is 1. The molecule has 0 bridgehead atoms. The van der Waals surface area contributed by atoms with E-state index in [9.17, 15) is 14.0 Å². The molecule has 2 amide bonds. The highest BCUT2D eigenvalue weighted by molar-refractivity contribution is 6.53. The summed E-state index contributed by atoms with van der Waals surface area (Å²) in [5.74, 6) is -0.614. The average Bonchev–Trinajstić information content (AvgIpc) is 3.07. The summed E-state index contributed by atoms with van der Waals surface area (Å²) in [6.45, 7) is 9.13. The maximum Gasteiger partial charge on any atom is 0.414 e. The van der Waals surface area contributed by atoms with Gasteiger partial charge in [-0.05, 0) is 31.0 Å². The summed E-state index contributed by atoms with van der Waals surface area (Å²) in [5, 5.41) is 2.49. The van der Waals surface area contributed by atoms with Gasteiger partial charge in [-0.25, -0.2) is 15.8 Å². The number of hydrogen-bond donors (Lipinski definition) is 1. The maximum atomic E-state index is 14.7. The highest BCUT2D eigenvalue weighted by atomic mass is 35.5. The lowest BCUT2D eigenvalue weighted by Crippen LogP contribution is -2.37. The Labute approximate surface area is 178 Å². The highest BCUT2D eigenvalue weighted by Crippen LogP contribution is 2.30. The molecule has 3 rings (SSSR count). The summed E-state index contributed by atoms with van der Waals surface area (Å²) in [7, 11) is 0. The van der Waals surface area contributed by atoms with Gasteiger partial charge in [-0.3, -0.25) is 9.69 Å². The number of nitrogens with zero attached hydrogens (tertiary/aromatic N) is 3. The minimum atomic E-state index is -1.20. The number of rotatable bonds is 6. The zero-order valence-electron chi connectivity index (χ0n) is 15.6. The van der Waals surface area contributed by atoms with Gasteiger partial charge in [0.1, 0.15) is 11.9 Å². The quantitative estimate of drug-likeness (QED) is 0.542. The molecule has 7 nitrogen and oxygen atoms in total. The van der Waals surface area contributed by atoms with E-state index in [0.29, 0.717) is 36.9 Å². The van der Waals surface area contributed by atoms with Gasteiger partial charge in [-0.2, -0.15) is 0 Å². The molecule has 0 aromatic heterocycles. The van der Waals surface area contributed by atoms with Crippen molar-refractivity contribution >= 4 is 46.6 Å². The normalized spacial score (nSPS) is 20.0. The standard InChI is InChI=1S/C19H21Cl2FN4O3/c1-23-9-12-4-6-25(7-5-12)16-3-2-13(8-15(16)22)26-11-14(29-19(26)28)10-24-18(27)17(20)21/h2-3,8,12,14,17H,4-7,9-11H2,(H,24,27)/t14-/m0/s1. The molecule has 2 heterocycles. The molecular weight excluding hydrogens is 422 g/mol. The summed E-state index contributed by atoms with van der Waals surface area (Å²) < 4.78 is 20.0. The van der Waals surface area contributed by atoms with Crippen LogP contribution in [0.2, 0.25) is 0 Å². The van der Waals surface area contributed by atoms with Crippen LogP contribution in [0.3, 0.4) is 0 Å². The largest absolute Gasteiger partial charge is 0.442 e. The maximum absolute atomic E-state index is 14.7. The number of hydrogen-bond acceptors (Lipinski definition) is 4. The number of anilines is 2. The number of carbonyl (C=O) groups is 2. The van der Waals surface area contributed by atoms with Crippen LogP contribution < -0.4 is 15.1 Å². The Kier molecular flexibility index (Phi) is 7.04. The topological polar surface area (TPSA) is 66.2 Å². The lowest BCUT2D eigenvalue weighted by Gasteiger charge is -2.32. The van der Waals surface area contributed by atoms with E-state index in [1.54, 1.807) is 12.1 Å². The van der Waals surface area contributed by atoms with Crippen LogP contribution in [0.15, 0.2) is 18.2 Å². The highest BCUT2D eigenvalue weighted by Gasteiger charge is 2.33. The first-order valence-corrected chi connectivity index (χ1v) is 10.2. The van der Waals surface area contributed by atoms with Crippen LogP contribution in [0.1, 0.15) is 12.8 Å². The molecular formula is C19H21Cl2FN4O3. The summed E-state index contributed by atoms with van der Waals surface area (Å²) >= 11 is 10.9. The lowest BCUT2D eigenvalue weighted by atomic mass is 9.96. The second kappa shape index (κ2) is 9.51. The zero-order chi connectivity index (χ0) is 21.0. The summed E-state index contributed by atoms with van der Waals surface area (Å²) in [6.07, 6.45) is 0.536. The third kappa shape index (κ3) is 5.22. The molecule has 0 unspecified atom stereocenters. The van der Waals surface area contributed by atoms with E-state index in [-0.39, 0.29) is 13.1 Å². The van der Waals surface area contributed by atoms with Gasteiger partial charge in [0.15, 0.2) is 4.84 Å². The molecule has 1 atom stereocenters. The van der Waals surface area contributed by atoms with Crippen molar-refractivity contribution in [1.82, 2.24) is 5.32 Å². The van der Waals surface area contributed by atoms with Crippen molar-refractivity contribution in [3.63, 3.8) is 0 Å². The molecule has 1 aromatic carbocycles. The first-order valence-electron chi connectivity index (χ1n) is 9.30. The van der Waals surface area contributed by atoms with Gasteiger partial charge in [0.05, 0.1) is 24.5 Å². The predicted octanol–water partition coefficient (Wildman–Crippen LogP) is 3.21. The van der Waals surface area contributed by atoms with Crippen LogP contribution in [0.4, 0.5) is 20.6 Å².